The lowest BCUT2D eigenvalue weighted by molar-refractivity contribution is -0.134. The van der Waals surface area contributed by atoms with Gasteiger partial charge in [-0.3, -0.25) is 9.59 Å². The highest BCUT2D eigenvalue weighted by Gasteiger charge is 2.22. The molecule has 37 heavy (non-hydrogen) atoms. The maximum absolute atomic E-state index is 12.7. The molecule has 2 N–H and O–H groups in total. The molecule has 2 aliphatic heterocycles. The van der Waals surface area contributed by atoms with E-state index in [0.717, 1.165) is 66.7 Å². The number of likely N-dealkylation sites (tertiary alicyclic amines) is 1. The third-order valence-electron chi connectivity index (χ3n) is 7.72. The fraction of sp³-hybridized carbons (Fsp3) is 0.448. The number of fused-ring (bicyclic) bond motifs is 1. The van der Waals surface area contributed by atoms with Gasteiger partial charge < -0.3 is 29.6 Å². The predicted octanol–water partition coefficient (Wildman–Crippen LogP) is 3.03. The third-order valence-corrected chi connectivity index (χ3v) is 7.72. The Balaban J connectivity index is 1.18. The number of hydrogen-bond acceptors (Lipinski definition) is 5. The van der Waals surface area contributed by atoms with Crippen LogP contribution in [0.15, 0.2) is 48.7 Å². The van der Waals surface area contributed by atoms with Crippen molar-refractivity contribution in [2.75, 3.05) is 53.0 Å². The van der Waals surface area contributed by atoms with Gasteiger partial charge in [-0.15, -0.1) is 0 Å². The van der Waals surface area contributed by atoms with E-state index in [1.165, 1.54) is 0 Å². The van der Waals surface area contributed by atoms with E-state index in [-0.39, 0.29) is 5.91 Å². The Morgan fingerprint density at radius 1 is 1.03 bits per heavy atom. The number of morpholine rings is 1. The van der Waals surface area contributed by atoms with Gasteiger partial charge in [0, 0.05) is 56.0 Å². The number of ether oxygens (including phenoxy) is 2. The molecule has 2 saturated heterocycles. The van der Waals surface area contributed by atoms with Gasteiger partial charge in [0.05, 0.1) is 26.7 Å². The van der Waals surface area contributed by atoms with Gasteiger partial charge >= 0.3 is 0 Å². The molecule has 0 unspecified atom stereocenters. The van der Waals surface area contributed by atoms with Gasteiger partial charge in [-0.2, -0.15) is 0 Å². The summed E-state index contributed by atoms with van der Waals surface area (Å²) in [7, 11) is 1.70. The zero-order chi connectivity index (χ0) is 25.8. The van der Waals surface area contributed by atoms with Gasteiger partial charge in [-0.1, -0.05) is 18.2 Å². The maximum Gasteiger partial charge on any atom is 0.248 e. The Morgan fingerprint density at radius 2 is 1.81 bits per heavy atom. The van der Waals surface area contributed by atoms with Crippen molar-refractivity contribution >= 4 is 22.7 Å². The lowest BCUT2D eigenvalue weighted by Gasteiger charge is -2.33. The second-order valence-corrected chi connectivity index (χ2v) is 10.00. The SMILES string of the molecule is COc1ccc(CC(=O)N2CCOCC2)cc1CCN1CCC(n2ccc3ccc(C(N)=O)cc32)CC1. The first-order chi connectivity index (χ1) is 18.0. The standard InChI is InChI=1S/C29H36N4O4/c1-36-27-5-2-21(19-28(34)32-14-16-37-17-15-32)18-23(27)6-10-31-11-8-25(9-12-31)33-13-7-22-3-4-24(29(30)35)20-26(22)33/h2-5,7,13,18,20,25H,6,8-12,14-17,19H2,1H3,(H2,30,35). The molecule has 2 amide bonds. The summed E-state index contributed by atoms with van der Waals surface area (Å²) in [4.78, 5) is 28.7. The quantitative estimate of drug-likeness (QED) is 0.509. The number of hydrogen-bond donors (Lipinski definition) is 1. The largest absolute Gasteiger partial charge is 0.496 e. The predicted molar refractivity (Wildman–Crippen MR) is 143 cm³/mol. The first-order valence-electron chi connectivity index (χ1n) is 13.2. The first kappa shape index (κ1) is 25.3. The van der Waals surface area contributed by atoms with Gasteiger partial charge in [0.1, 0.15) is 5.75 Å². The van der Waals surface area contributed by atoms with Crippen LogP contribution in [-0.4, -0.2) is 79.2 Å². The van der Waals surface area contributed by atoms with Crippen LogP contribution in [0, 0.1) is 0 Å². The Hall–Kier alpha value is -3.36. The van der Waals surface area contributed by atoms with Gasteiger partial charge in [-0.25, -0.2) is 0 Å². The Morgan fingerprint density at radius 3 is 2.54 bits per heavy atom. The van der Waals surface area contributed by atoms with E-state index in [2.05, 4.69) is 27.8 Å². The van der Waals surface area contributed by atoms with Gasteiger partial charge in [0.15, 0.2) is 0 Å². The van der Waals surface area contributed by atoms with Crippen molar-refractivity contribution in [1.29, 1.82) is 0 Å². The van der Waals surface area contributed by atoms with Crippen molar-refractivity contribution in [2.45, 2.75) is 31.7 Å². The minimum Gasteiger partial charge on any atom is -0.496 e. The molecule has 3 heterocycles. The summed E-state index contributed by atoms with van der Waals surface area (Å²) in [6, 6.07) is 14.3. The lowest BCUT2D eigenvalue weighted by atomic mass is 10.0. The van der Waals surface area contributed by atoms with E-state index < -0.39 is 5.91 Å². The van der Waals surface area contributed by atoms with Crippen LogP contribution in [0.4, 0.5) is 0 Å². The van der Waals surface area contributed by atoms with E-state index in [4.69, 9.17) is 15.2 Å². The van der Waals surface area contributed by atoms with Crippen LogP contribution in [0.3, 0.4) is 0 Å². The molecule has 8 heteroatoms. The van der Waals surface area contributed by atoms with Crippen molar-refractivity contribution in [2.24, 2.45) is 5.73 Å². The maximum atomic E-state index is 12.7. The smallest absolute Gasteiger partial charge is 0.248 e. The molecule has 0 spiro atoms. The van der Waals surface area contributed by atoms with E-state index in [9.17, 15) is 9.59 Å². The van der Waals surface area contributed by atoms with Crippen LogP contribution in [0.1, 0.15) is 40.4 Å². The van der Waals surface area contributed by atoms with Crippen molar-refractivity contribution in [3.63, 3.8) is 0 Å². The fourth-order valence-electron chi connectivity index (χ4n) is 5.56. The average Bonchev–Trinajstić information content (AvgIpc) is 3.36. The van der Waals surface area contributed by atoms with E-state index in [0.29, 0.717) is 44.3 Å². The zero-order valence-electron chi connectivity index (χ0n) is 21.5. The molecule has 0 radical (unpaired) electrons. The summed E-state index contributed by atoms with van der Waals surface area (Å²) < 4.78 is 13.3. The van der Waals surface area contributed by atoms with E-state index in [1.54, 1.807) is 13.2 Å². The Kier molecular flexibility index (Phi) is 7.76. The van der Waals surface area contributed by atoms with Crippen LogP contribution < -0.4 is 10.5 Å². The van der Waals surface area contributed by atoms with Crippen LogP contribution >= 0.6 is 0 Å². The van der Waals surface area contributed by atoms with Gasteiger partial charge in [0.25, 0.3) is 0 Å². The molecule has 2 fully saturated rings. The van der Waals surface area contributed by atoms with Crippen molar-refractivity contribution in [3.05, 3.63) is 65.4 Å². The summed E-state index contributed by atoms with van der Waals surface area (Å²) in [5, 5.41) is 1.13. The topological polar surface area (TPSA) is 90.0 Å². The van der Waals surface area contributed by atoms with E-state index in [1.807, 2.05) is 29.2 Å². The molecule has 196 valence electrons. The molecular formula is C29H36N4O4. The highest BCUT2D eigenvalue weighted by Crippen LogP contribution is 2.29. The number of benzene rings is 2. The molecule has 2 aliphatic rings. The van der Waals surface area contributed by atoms with Crippen LogP contribution in [0.5, 0.6) is 5.75 Å². The minimum absolute atomic E-state index is 0.155. The molecule has 3 aromatic rings. The lowest BCUT2D eigenvalue weighted by Crippen LogP contribution is -2.41. The zero-order valence-corrected chi connectivity index (χ0v) is 21.5. The number of carbonyl (C=O) groups excluding carboxylic acids is 2. The van der Waals surface area contributed by atoms with Gasteiger partial charge in [0.2, 0.25) is 11.8 Å². The number of piperidine rings is 1. The molecule has 1 aromatic heterocycles. The monoisotopic (exact) mass is 504 g/mol. The molecule has 8 nitrogen and oxygen atoms in total. The fourth-order valence-corrected chi connectivity index (χ4v) is 5.56. The number of methoxy groups -OCH3 is 1. The highest BCUT2D eigenvalue weighted by atomic mass is 16.5. The van der Waals surface area contributed by atoms with Crippen molar-refractivity contribution in [3.8, 4) is 5.75 Å². The molecule has 0 bridgehead atoms. The number of nitrogens with two attached hydrogens (primary N) is 1. The minimum atomic E-state index is -0.394. The summed E-state index contributed by atoms with van der Waals surface area (Å²) >= 11 is 0. The molecular weight excluding hydrogens is 468 g/mol. The van der Waals surface area contributed by atoms with Crippen molar-refractivity contribution < 1.29 is 19.1 Å². The molecule has 0 saturated carbocycles. The number of nitrogens with zero attached hydrogens (tertiary/aromatic N) is 3. The first-order valence-corrected chi connectivity index (χ1v) is 13.2. The van der Waals surface area contributed by atoms with E-state index >= 15 is 0 Å². The number of amides is 2. The van der Waals surface area contributed by atoms with Gasteiger partial charge in [-0.05, 0) is 60.0 Å². The van der Waals surface area contributed by atoms with Crippen LogP contribution in [-0.2, 0) is 22.4 Å². The summed E-state index contributed by atoms with van der Waals surface area (Å²) in [6.07, 6.45) is 5.52. The molecule has 0 aliphatic carbocycles. The summed E-state index contributed by atoms with van der Waals surface area (Å²) in [6.45, 7) is 5.54. The summed E-state index contributed by atoms with van der Waals surface area (Å²) in [5.41, 5.74) is 9.30. The second kappa shape index (κ2) is 11.4. The number of carbonyl (C=O) groups is 2. The summed E-state index contributed by atoms with van der Waals surface area (Å²) in [5.74, 6) is 0.637. The number of aromatic nitrogens is 1. The second-order valence-electron chi connectivity index (χ2n) is 10.00. The average molecular weight is 505 g/mol. The highest BCUT2D eigenvalue weighted by molar-refractivity contribution is 5.97. The van der Waals surface area contributed by atoms with Crippen molar-refractivity contribution in [1.82, 2.24) is 14.4 Å². The number of rotatable bonds is 8. The Bertz CT molecular complexity index is 1260. The number of primary amides is 1. The Labute approximate surface area is 217 Å². The molecule has 0 atom stereocenters. The third kappa shape index (κ3) is 5.81. The molecule has 2 aromatic carbocycles. The normalized spacial score (nSPS) is 17.3. The van der Waals surface area contributed by atoms with Crippen LogP contribution in [0.2, 0.25) is 0 Å². The van der Waals surface area contributed by atoms with Crippen LogP contribution in [0.25, 0.3) is 10.9 Å². The molecule has 5 rings (SSSR count).